The molecule has 30 heavy (non-hydrogen) atoms. The van der Waals surface area contributed by atoms with E-state index >= 15 is 0 Å². The third-order valence-corrected chi connectivity index (χ3v) is 6.73. The Labute approximate surface area is 184 Å². The van der Waals surface area contributed by atoms with Gasteiger partial charge in [-0.05, 0) is 49.0 Å². The molecule has 3 atom stereocenters. The van der Waals surface area contributed by atoms with Gasteiger partial charge in [-0.1, -0.05) is 0 Å². The molecule has 0 spiro atoms. The maximum atomic E-state index is 6.09. The number of halogens is 1. The molecule has 0 radical (unpaired) electrons. The van der Waals surface area contributed by atoms with E-state index in [1.807, 2.05) is 0 Å². The van der Waals surface area contributed by atoms with Gasteiger partial charge in [0.1, 0.15) is 6.23 Å². The first-order valence-corrected chi connectivity index (χ1v) is 11.7. The fraction of sp³-hybridized carbons (Fsp3) is 0.750. The predicted octanol–water partition coefficient (Wildman–Crippen LogP) is 2.74. The summed E-state index contributed by atoms with van der Waals surface area (Å²) in [6.07, 6.45) is 3.14. The van der Waals surface area contributed by atoms with Crippen LogP contribution in [0.4, 0.5) is 11.8 Å². The molecule has 10 heteroatoms. The molecule has 5 heterocycles. The first kappa shape index (κ1) is 20.4. The highest BCUT2D eigenvalue weighted by Crippen LogP contribution is 2.35. The fourth-order valence-corrected chi connectivity index (χ4v) is 5.07. The van der Waals surface area contributed by atoms with E-state index < -0.39 is 0 Å². The van der Waals surface area contributed by atoms with Crippen LogP contribution in [0.2, 0.25) is 0 Å². The van der Waals surface area contributed by atoms with Crippen molar-refractivity contribution in [1.82, 2.24) is 19.5 Å². The van der Waals surface area contributed by atoms with E-state index in [1.54, 1.807) is 0 Å². The summed E-state index contributed by atoms with van der Waals surface area (Å²) in [5, 5.41) is 0. The Morgan fingerprint density at radius 3 is 2.30 bits per heavy atom. The molecule has 3 unspecified atom stereocenters. The van der Waals surface area contributed by atoms with Crippen LogP contribution >= 0.6 is 15.9 Å². The molecule has 3 saturated heterocycles. The van der Waals surface area contributed by atoms with Crippen molar-refractivity contribution in [2.75, 3.05) is 55.9 Å². The highest BCUT2D eigenvalue weighted by Gasteiger charge is 2.31. The summed E-state index contributed by atoms with van der Waals surface area (Å²) in [6.45, 7) is 9.39. The Morgan fingerprint density at radius 2 is 1.63 bits per heavy atom. The maximum Gasteiger partial charge on any atom is 0.229 e. The largest absolute Gasteiger partial charge is 0.377 e. The van der Waals surface area contributed by atoms with Gasteiger partial charge < -0.3 is 24.0 Å². The molecule has 0 saturated carbocycles. The summed E-state index contributed by atoms with van der Waals surface area (Å²) in [4.78, 5) is 19.5. The van der Waals surface area contributed by atoms with E-state index in [9.17, 15) is 0 Å². The lowest BCUT2D eigenvalue weighted by atomic mass is 10.2. The van der Waals surface area contributed by atoms with Crippen LogP contribution in [0.1, 0.15) is 39.3 Å². The van der Waals surface area contributed by atoms with Gasteiger partial charge in [0.25, 0.3) is 0 Å². The van der Waals surface area contributed by atoms with Crippen molar-refractivity contribution < 1.29 is 14.2 Å². The Hall–Kier alpha value is -1.49. The summed E-state index contributed by atoms with van der Waals surface area (Å²) in [7, 11) is 0. The number of aromatic nitrogens is 4. The van der Waals surface area contributed by atoms with Crippen LogP contribution in [0, 0.1) is 0 Å². The number of hydrogen-bond acceptors (Lipinski definition) is 8. The second-order valence-electron chi connectivity index (χ2n) is 8.33. The van der Waals surface area contributed by atoms with Crippen LogP contribution in [0.5, 0.6) is 0 Å². The quantitative estimate of drug-likeness (QED) is 0.620. The van der Waals surface area contributed by atoms with Crippen molar-refractivity contribution in [3.8, 4) is 0 Å². The van der Waals surface area contributed by atoms with Crippen molar-refractivity contribution in [2.24, 2.45) is 0 Å². The zero-order chi connectivity index (χ0) is 20.7. The van der Waals surface area contributed by atoms with Gasteiger partial charge in [-0.25, -0.2) is 4.98 Å². The Balaban J connectivity index is 1.66. The van der Waals surface area contributed by atoms with Crippen LogP contribution in [-0.2, 0) is 14.2 Å². The molecule has 2 aromatic rings. The van der Waals surface area contributed by atoms with E-state index in [0.29, 0.717) is 26.4 Å². The second-order valence-corrected chi connectivity index (χ2v) is 9.04. The molecule has 164 valence electrons. The maximum absolute atomic E-state index is 6.09. The van der Waals surface area contributed by atoms with E-state index in [4.69, 9.17) is 29.2 Å². The summed E-state index contributed by atoms with van der Waals surface area (Å²) in [6, 6.07) is 0.443. The van der Waals surface area contributed by atoms with Gasteiger partial charge in [-0.3, -0.25) is 4.57 Å². The molecule has 0 aromatic carbocycles. The van der Waals surface area contributed by atoms with Crippen molar-refractivity contribution in [3.05, 3.63) is 4.73 Å². The second kappa shape index (κ2) is 8.57. The van der Waals surface area contributed by atoms with E-state index in [0.717, 1.165) is 66.6 Å². The van der Waals surface area contributed by atoms with Crippen LogP contribution in [-0.4, -0.2) is 77.7 Å². The lowest BCUT2D eigenvalue weighted by Crippen LogP contribution is -2.46. The highest BCUT2D eigenvalue weighted by atomic mass is 79.9. The number of imidazole rings is 1. The molecule has 3 aliphatic heterocycles. The fourth-order valence-electron chi connectivity index (χ4n) is 4.50. The van der Waals surface area contributed by atoms with Crippen LogP contribution in [0.25, 0.3) is 11.2 Å². The van der Waals surface area contributed by atoms with Crippen molar-refractivity contribution in [3.63, 3.8) is 0 Å². The molecule has 9 nitrogen and oxygen atoms in total. The molecule has 0 aliphatic carbocycles. The average Bonchev–Trinajstić information content (AvgIpc) is 3.10. The van der Waals surface area contributed by atoms with Gasteiger partial charge in [-0.15, -0.1) is 0 Å². The van der Waals surface area contributed by atoms with Gasteiger partial charge in [0, 0.05) is 19.7 Å². The SMILES string of the molecule is CC1COCCN1c1nc(N2CCOCC2C)c2nc(Br)n(C3CCCCO3)c2n1. The smallest absolute Gasteiger partial charge is 0.229 e. The first-order chi connectivity index (χ1) is 14.6. The standard InChI is InChI=1S/C20H29BrN6O3/c1-13-11-28-9-6-25(13)17-16-18(24-20(23-17)26-7-10-29-12-14(26)2)27(19(21)22-16)15-5-3-4-8-30-15/h13-15H,3-12H2,1-2H3. The van der Waals surface area contributed by atoms with E-state index in [1.165, 1.54) is 0 Å². The van der Waals surface area contributed by atoms with Crippen molar-refractivity contribution in [2.45, 2.75) is 51.4 Å². The molecule has 0 amide bonds. The number of ether oxygens (including phenoxy) is 3. The molecule has 2 aromatic heterocycles. The van der Waals surface area contributed by atoms with Crippen molar-refractivity contribution >= 4 is 38.9 Å². The first-order valence-electron chi connectivity index (χ1n) is 10.9. The minimum atomic E-state index is -0.0575. The van der Waals surface area contributed by atoms with Gasteiger partial charge >= 0.3 is 0 Å². The molecule has 3 fully saturated rings. The number of anilines is 2. The number of hydrogen-bond donors (Lipinski definition) is 0. The number of fused-ring (bicyclic) bond motifs is 1. The zero-order valence-corrected chi connectivity index (χ0v) is 19.2. The number of rotatable bonds is 3. The summed E-state index contributed by atoms with van der Waals surface area (Å²) >= 11 is 3.68. The third kappa shape index (κ3) is 3.68. The lowest BCUT2D eigenvalue weighted by molar-refractivity contribution is -0.0311. The molecule has 0 bridgehead atoms. The van der Waals surface area contributed by atoms with Gasteiger partial charge in [0.05, 0.1) is 38.5 Å². The number of morpholine rings is 2. The minimum absolute atomic E-state index is 0.0575. The zero-order valence-electron chi connectivity index (χ0n) is 17.6. The summed E-state index contributed by atoms with van der Waals surface area (Å²) in [5.74, 6) is 1.61. The third-order valence-electron chi connectivity index (χ3n) is 6.17. The van der Waals surface area contributed by atoms with E-state index in [-0.39, 0.29) is 18.3 Å². The predicted molar refractivity (Wildman–Crippen MR) is 117 cm³/mol. The Morgan fingerprint density at radius 1 is 0.900 bits per heavy atom. The van der Waals surface area contributed by atoms with Crippen LogP contribution in [0.15, 0.2) is 4.73 Å². The minimum Gasteiger partial charge on any atom is -0.377 e. The van der Waals surface area contributed by atoms with Gasteiger partial charge in [-0.2, -0.15) is 9.97 Å². The normalized spacial score (nSPS) is 28.3. The Kier molecular flexibility index (Phi) is 5.83. The molecular weight excluding hydrogens is 452 g/mol. The number of nitrogens with zero attached hydrogens (tertiary/aromatic N) is 6. The lowest BCUT2D eigenvalue weighted by Gasteiger charge is -2.36. The summed E-state index contributed by atoms with van der Waals surface area (Å²) < 4.78 is 20.2. The molecule has 0 N–H and O–H groups in total. The Bertz CT molecular complexity index is 902. The monoisotopic (exact) mass is 480 g/mol. The van der Waals surface area contributed by atoms with E-state index in [2.05, 4.69) is 44.1 Å². The van der Waals surface area contributed by atoms with Gasteiger partial charge in [0.2, 0.25) is 5.95 Å². The molecule has 3 aliphatic rings. The average molecular weight is 481 g/mol. The van der Waals surface area contributed by atoms with Gasteiger partial charge in [0.15, 0.2) is 21.7 Å². The van der Waals surface area contributed by atoms with Crippen LogP contribution < -0.4 is 9.80 Å². The molecule has 5 rings (SSSR count). The highest BCUT2D eigenvalue weighted by molar-refractivity contribution is 9.10. The topological polar surface area (TPSA) is 77.8 Å². The van der Waals surface area contributed by atoms with Crippen LogP contribution in [0.3, 0.4) is 0 Å². The van der Waals surface area contributed by atoms with Crippen molar-refractivity contribution in [1.29, 1.82) is 0 Å². The summed E-state index contributed by atoms with van der Waals surface area (Å²) in [5.41, 5.74) is 1.64. The molecular formula is C20H29BrN6O3.